The molecule has 0 spiro atoms. The van der Waals surface area contributed by atoms with Gasteiger partial charge in [0.25, 0.3) is 0 Å². The van der Waals surface area contributed by atoms with E-state index in [2.05, 4.69) is 5.32 Å². The highest BCUT2D eigenvalue weighted by molar-refractivity contribution is 5.29. The summed E-state index contributed by atoms with van der Waals surface area (Å²) in [7, 11) is 0. The first kappa shape index (κ1) is 14.0. The van der Waals surface area contributed by atoms with Crippen LogP contribution in [-0.2, 0) is 0 Å². The largest absolute Gasteiger partial charge is 0.390 e. The van der Waals surface area contributed by atoms with Gasteiger partial charge in [-0.25, -0.2) is 4.39 Å². The van der Waals surface area contributed by atoms with Gasteiger partial charge in [0.1, 0.15) is 5.82 Å². The van der Waals surface area contributed by atoms with E-state index in [1.807, 2.05) is 0 Å². The molecule has 1 rings (SSSR count). The van der Waals surface area contributed by atoms with E-state index in [0.717, 1.165) is 6.07 Å². The molecule has 17 heavy (non-hydrogen) atoms. The Hall–Kier alpha value is -1.10. The van der Waals surface area contributed by atoms with Gasteiger partial charge in [0.05, 0.1) is 6.42 Å². The third-order valence-corrected chi connectivity index (χ3v) is 2.50. The highest BCUT2D eigenvalue weighted by Gasteiger charge is 2.32. The summed E-state index contributed by atoms with van der Waals surface area (Å²) < 4.78 is 50.3. The maximum absolute atomic E-state index is 13.1. The fourth-order valence-electron chi connectivity index (χ4n) is 1.76. The molecule has 0 fully saturated rings. The van der Waals surface area contributed by atoms with Gasteiger partial charge < -0.3 is 5.32 Å². The molecule has 0 radical (unpaired) electrons. The molecule has 0 aliphatic carbocycles. The lowest BCUT2D eigenvalue weighted by molar-refractivity contribution is -0.140. The Morgan fingerprint density at radius 1 is 1.29 bits per heavy atom. The Labute approximate surface area is 97.8 Å². The van der Waals surface area contributed by atoms with Crippen molar-refractivity contribution in [3.05, 3.63) is 35.1 Å². The van der Waals surface area contributed by atoms with Crippen molar-refractivity contribution in [2.75, 3.05) is 6.54 Å². The highest BCUT2D eigenvalue weighted by Crippen LogP contribution is 2.31. The Morgan fingerprint density at radius 3 is 2.47 bits per heavy atom. The summed E-state index contributed by atoms with van der Waals surface area (Å²) >= 11 is 0. The lowest BCUT2D eigenvalue weighted by Gasteiger charge is -2.21. The molecule has 0 aliphatic heterocycles. The molecular formula is C12H15F4N. The number of nitrogens with one attached hydrogen (secondary N) is 1. The average Bonchev–Trinajstić information content (AvgIpc) is 2.19. The topological polar surface area (TPSA) is 12.0 Å². The summed E-state index contributed by atoms with van der Waals surface area (Å²) in [5, 5.41) is 2.74. The first-order chi connectivity index (χ1) is 7.83. The smallest absolute Gasteiger partial charge is 0.310 e. The first-order valence-electron chi connectivity index (χ1n) is 5.39. The molecule has 96 valence electrons. The van der Waals surface area contributed by atoms with Crippen LogP contribution in [0.1, 0.15) is 30.5 Å². The zero-order valence-corrected chi connectivity index (χ0v) is 9.74. The summed E-state index contributed by atoms with van der Waals surface area (Å²) in [4.78, 5) is 0. The fourth-order valence-corrected chi connectivity index (χ4v) is 1.76. The van der Waals surface area contributed by atoms with Gasteiger partial charge >= 0.3 is 6.18 Å². The lowest BCUT2D eigenvalue weighted by Crippen LogP contribution is -2.27. The van der Waals surface area contributed by atoms with Gasteiger partial charge in [-0.15, -0.1) is 0 Å². The van der Waals surface area contributed by atoms with Crippen molar-refractivity contribution in [2.45, 2.75) is 32.5 Å². The molecule has 5 heteroatoms. The van der Waals surface area contributed by atoms with E-state index >= 15 is 0 Å². The molecule has 1 unspecified atom stereocenters. The van der Waals surface area contributed by atoms with Gasteiger partial charge in [-0.05, 0) is 36.7 Å². The Kier molecular flexibility index (Phi) is 4.51. The van der Waals surface area contributed by atoms with Gasteiger partial charge in [0, 0.05) is 6.04 Å². The molecule has 0 saturated carbocycles. The maximum atomic E-state index is 13.1. The Morgan fingerprint density at radius 2 is 1.94 bits per heavy atom. The van der Waals surface area contributed by atoms with Crippen LogP contribution in [0.25, 0.3) is 0 Å². The molecule has 0 heterocycles. The predicted octanol–water partition coefficient (Wildman–Crippen LogP) is 3.74. The molecule has 1 nitrogen and oxygen atoms in total. The summed E-state index contributed by atoms with van der Waals surface area (Å²) in [5.41, 5.74) is 1.02. The van der Waals surface area contributed by atoms with Crippen LogP contribution in [0.2, 0.25) is 0 Å². The normalized spacial score (nSPS) is 13.8. The zero-order valence-electron chi connectivity index (χ0n) is 9.74. The second-order valence-corrected chi connectivity index (χ2v) is 3.93. The van der Waals surface area contributed by atoms with Gasteiger partial charge in [-0.1, -0.05) is 13.0 Å². The predicted molar refractivity (Wildman–Crippen MR) is 58.2 cm³/mol. The molecule has 1 aromatic carbocycles. The van der Waals surface area contributed by atoms with Crippen molar-refractivity contribution in [3.8, 4) is 0 Å². The van der Waals surface area contributed by atoms with Gasteiger partial charge in [0.15, 0.2) is 0 Å². The zero-order chi connectivity index (χ0) is 13.1. The Balaban J connectivity index is 3.00. The van der Waals surface area contributed by atoms with E-state index in [0.29, 0.717) is 17.7 Å². The van der Waals surface area contributed by atoms with Crippen molar-refractivity contribution < 1.29 is 17.6 Å². The van der Waals surface area contributed by atoms with E-state index in [-0.39, 0.29) is 0 Å². The van der Waals surface area contributed by atoms with Gasteiger partial charge in [-0.2, -0.15) is 13.2 Å². The van der Waals surface area contributed by atoms with Crippen LogP contribution in [0.4, 0.5) is 17.6 Å². The highest BCUT2D eigenvalue weighted by atomic mass is 19.4. The van der Waals surface area contributed by atoms with Gasteiger partial charge in [0.2, 0.25) is 0 Å². The second-order valence-electron chi connectivity index (χ2n) is 3.93. The fraction of sp³-hybridized carbons (Fsp3) is 0.500. The minimum absolute atomic E-state index is 0.365. The van der Waals surface area contributed by atoms with Crippen LogP contribution in [-0.4, -0.2) is 12.7 Å². The van der Waals surface area contributed by atoms with E-state index in [4.69, 9.17) is 0 Å². The summed E-state index contributed by atoms with van der Waals surface area (Å²) in [6.07, 6.45) is -5.27. The molecule has 0 saturated heterocycles. The molecule has 0 aliphatic rings. The number of rotatable bonds is 4. The maximum Gasteiger partial charge on any atom is 0.390 e. The van der Waals surface area contributed by atoms with E-state index in [1.165, 1.54) is 12.1 Å². The number of halogens is 4. The SMILES string of the molecule is CCNC(CC(F)(F)F)c1cc(F)ccc1C. The third-order valence-electron chi connectivity index (χ3n) is 2.50. The first-order valence-corrected chi connectivity index (χ1v) is 5.39. The number of hydrogen-bond donors (Lipinski definition) is 1. The second kappa shape index (κ2) is 5.49. The van der Waals surface area contributed by atoms with E-state index in [1.54, 1.807) is 13.8 Å². The van der Waals surface area contributed by atoms with Crippen LogP contribution < -0.4 is 5.32 Å². The number of alkyl halides is 3. The monoisotopic (exact) mass is 249 g/mol. The van der Waals surface area contributed by atoms with Crippen molar-refractivity contribution in [1.82, 2.24) is 5.32 Å². The minimum atomic E-state index is -4.27. The summed E-state index contributed by atoms with van der Waals surface area (Å²) in [6.45, 7) is 3.80. The van der Waals surface area contributed by atoms with Crippen molar-refractivity contribution in [3.63, 3.8) is 0 Å². The standard InChI is InChI=1S/C12H15F4N/c1-3-17-11(7-12(14,15)16)10-6-9(13)5-4-8(10)2/h4-6,11,17H,3,7H2,1-2H3. The van der Waals surface area contributed by atoms with Crippen LogP contribution in [0.15, 0.2) is 18.2 Å². The third kappa shape index (κ3) is 4.34. The number of hydrogen-bond acceptors (Lipinski definition) is 1. The molecule has 0 bridgehead atoms. The van der Waals surface area contributed by atoms with Gasteiger partial charge in [-0.3, -0.25) is 0 Å². The van der Waals surface area contributed by atoms with Crippen molar-refractivity contribution >= 4 is 0 Å². The van der Waals surface area contributed by atoms with Crippen molar-refractivity contribution in [2.24, 2.45) is 0 Å². The summed E-state index contributed by atoms with van der Waals surface area (Å²) in [5.74, 6) is -0.518. The van der Waals surface area contributed by atoms with Crippen LogP contribution in [0, 0.1) is 12.7 Å². The summed E-state index contributed by atoms with van der Waals surface area (Å²) in [6, 6.07) is 3.01. The molecule has 1 aromatic rings. The number of benzene rings is 1. The molecule has 1 N–H and O–H groups in total. The van der Waals surface area contributed by atoms with Crippen LogP contribution in [0.5, 0.6) is 0 Å². The minimum Gasteiger partial charge on any atom is -0.310 e. The van der Waals surface area contributed by atoms with E-state index in [9.17, 15) is 17.6 Å². The molecule has 0 amide bonds. The van der Waals surface area contributed by atoms with Crippen LogP contribution >= 0.6 is 0 Å². The molecule has 1 atom stereocenters. The quantitative estimate of drug-likeness (QED) is 0.801. The molecule has 0 aromatic heterocycles. The lowest BCUT2D eigenvalue weighted by atomic mass is 9.98. The molecular weight excluding hydrogens is 234 g/mol. The van der Waals surface area contributed by atoms with Crippen LogP contribution in [0.3, 0.4) is 0 Å². The van der Waals surface area contributed by atoms with E-state index < -0.39 is 24.5 Å². The van der Waals surface area contributed by atoms with Crippen molar-refractivity contribution in [1.29, 1.82) is 0 Å². The average molecular weight is 249 g/mol. The number of aryl methyl sites for hydroxylation is 1. The Bertz CT molecular complexity index is 373.